The molecule has 4 rings (SSSR count). The van der Waals surface area contributed by atoms with Crippen LogP contribution >= 0.6 is 11.3 Å². The molecule has 0 radical (unpaired) electrons. The van der Waals surface area contributed by atoms with Gasteiger partial charge in [0.15, 0.2) is 0 Å². The van der Waals surface area contributed by atoms with Gasteiger partial charge in [0, 0.05) is 42.8 Å². The van der Waals surface area contributed by atoms with Crippen LogP contribution in [0.4, 0.5) is 19.0 Å². The minimum atomic E-state index is -4.55. The van der Waals surface area contributed by atoms with Crippen molar-refractivity contribution in [2.24, 2.45) is 0 Å². The van der Waals surface area contributed by atoms with Gasteiger partial charge in [-0.3, -0.25) is 4.79 Å². The molecule has 0 aliphatic carbocycles. The quantitative estimate of drug-likeness (QED) is 0.548. The highest BCUT2D eigenvalue weighted by Crippen LogP contribution is 2.35. The first-order valence-corrected chi connectivity index (χ1v) is 12.6. The maximum absolute atomic E-state index is 13.3. The second-order valence-electron chi connectivity index (χ2n) is 7.53. The van der Waals surface area contributed by atoms with Crippen molar-refractivity contribution in [2.45, 2.75) is 16.9 Å². The van der Waals surface area contributed by atoms with Gasteiger partial charge in [0.25, 0.3) is 15.9 Å². The van der Waals surface area contributed by atoms with E-state index in [1.165, 1.54) is 27.5 Å². The molecule has 1 aliphatic heterocycles. The summed E-state index contributed by atoms with van der Waals surface area (Å²) in [6.07, 6.45) is -3.26. The second-order valence-corrected chi connectivity index (χ2v) is 10.9. The number of piperazine rings is 1. The van der Waals surface area contributed by atoms with Crippen LogP contribution in [0.3, 0.4) is 0 Å². The molecule has 7 nitrogen and oxygen atoms in total. The fourth-order valence-corrected chi connectivity index (χ4v) is 6.46. The fourth-order valence-electron chi connectivity index (χ4n) is 3.59. The summed E-state index contributed by atoms with van der Waals surface area (Å²) in [4.78, 5) is 18.2. The summed E-state index contributed by atoms with van der Waals surface area (Å²) in [6, 6.07) is 14.0. The lowest BCUT2D eigenvalue weighted by Gasteiger charge is -2.35. The average Bonchev–Trinajstić information content (AvgIpc) is 3.33. The lowest BCUT2D eigenvalue weighted by molar-refractivity contribution is -0.137. The van der Waals surface area contributed by atoms with E-state index < -0.39 is 21.8 Å². The Morgan fingerprint density at radius 2 is 1.71 bits per heavy atom. The first-order chi connectivity index (χ1) is 16.2. The highest BCUT2D eigenvalue weighted by molar-refractivity contribution is 7.91. The van der Waals surface area contributed by atoms with E-state index in [1.807, 2.05) is 0 Å². The second kappa shape index (κ2) is 9.72. The molecular weight excluding hydrogens is 489 g/mol. The van der Waals surface area contributed by atoms with E-state index in [0.717, 1.165) is 17.4 Å². The first kappa shape index (κ1) is 24.2. The van der Waals surface area contributed by atoms with Crippen molar-refractivity contribution in [2.75, 3.05) is 31.1 Å². The molecule has 2 aromatic heterocycles. The number of thiophene rings is 1. The molecule has 0 spiro atoms. The van der Waals surface area contributed by atoms with E-state index in [9.17, 15) is 26.4 Å². The van der Waals surface area contributed by atoms with Gasteiger partial charge in [0.05, 0.1) is 12.1 Å². The topological polar surface area (TPSA) is 82.6 Å². The molecule has 12 heteroatoms. The monoisotopic (exact) mass is 510 g/mol. The van der Waals surface area contributed by atoms with Crippen molar-refractivity contribution in [1.29, 1.82) is 0 Å². The van der Waals surface area contributed by atoms with Crippen LogP contribution < -0.4 is 10.2 Å². The summed E-state index contributed by atoms with van der Waals surface area (Å²) in [6.45, 7) is 0.430. The Morgan fingerprint density at radius 1 is 1.00 bits per heavy atom. The number of amides is 1. The van der Waals surface area contributed by atoms with E-state index in [1.54, 1.807) is 36.4 Å². The number of hydrogen-bond donors (Lipinski definition) is 1. The summed E-state index contributed by atoms with van der Waals surface area (Å²) >= 11 is 1.05. The summed E-state index contributed by atoms with van der Waals surface area (Å²) < 4.78 is 67.4. The Hall–Kier alpha value is -2.96. The third-order valence-electron chi connectivity index (χ3n) is 5.32. The van der Waals surface area contributed by atoms with Crippen molar-refractivity contribution in [3.8, 4) is 0 Å². The zero-order valence-corrected chi connectivity index (χ0v) is 19.5. The molecule has 0 atom stereocenters. The number of rotatable bonds is 6. The summed E-state index contributed by atoms with van der Waals surface area (Å²) in [5.41, 5.74) is -0.335. The van der Waals surface area contributed by atoms with Crippen molar-refractivity contribution in [3.63, 3.8) is 0 Å². The minimum absolute atomic E-state index is 0.0359. The first-order valence-electron chi connectivity index (χ1n) is 10.4. The smallest absolute Gasteiger partial charge is 0.353 e. The maximum atomic E-state index is 13.3. The van der Waals surface area contributed by atoms with Gasteiger partial charge in [-0.2, -0.15) is 17.5 Å². The molecule has 1 amide bonds. The number of pyridine rings is 1. The van der Waals surface area contributed by atoms with Crippen molar-refractivity contribution in [1.82, 2.24) is 14.6 Å². The summed E-state index contributed by atoms with van der Waals surface area (Å²) in [7, 11) is -3.81. The van der Waals surface area contributed by atoms with Crippen LogP contribution in [0.5, 0.6) is 0 Å². The molecule has 1 aromatic carbocycles. The van der Waals surface area contributed by atoms with Crippen LogP contribution in [0.25, 0.3) is 0 Å². The Balaban J connectivity index is 1.39. The predicted octanol–water partition coefficient (Wildman–Crippen LogP) is 3.60. The SMILES string of the molecule is O=C(NCc1ccc(S(=O)(=O)N2CCN(c3ncccc3C(F)(F)F)CC2)s1)c1ccccc1. The Bertz CT molecular complexity index is 1260. The highest BCUT2D eigenvalue weighted by atomic mass is 32.2. The van der Waals surface area contributed by atoms with E-state index >= 15 is 0 Å². The van der Waals surface area contributed by atoms with E-state index in [4.69, 9.17) is 0 Å². The molecule has 0 bridgehead atoms. The standard InChI is InChI=1S/C22H21F3N4O3S2/c23-22(24,25)18-7-4-10-26-20(18)28-11-13-29(14-12-28)34(31,32)19-9-8-17(33-19)15-27-21(30)16-5-2-1-3-6-16/h1-10H,11-15H2,(H,27,30). The molecule has 180 valence electrons. The molecule has 0 saturated carbocycles. The molecule has 1 saturated heterocycles. The number of anilines is 1. The van der Waals surface area contributed by atoms with Gasteiger partial charge < -0.3 is 10.2 Å². The predicted molar refractivity (Wildman–Crippen MR) is 122 cm³/mol. The Kier molecular flexibility index (Phi) is 6.91. The van der Waals surface area contributed by atoms with Crippen molar-refractivity contribution >= 4 is 33.1 Å². The summed E-state index contributed by atoms with van der Waals surface area (Å²) in [5.74, 6) is -0.457. The fraction of sp³-hybridized carbons (Fsp3) is 0.273. The minimum Gasteiger partial charge on any atom is -0.353 e. The average molecular weight is 511 g/mol. The lowest BCUT2D eigenvalue weighted by atomic mass is 10.2. The van der Waals surface area contributed by atoms with Crippen LogP contribution in [0.15, 0.2) is 65.0 Å². The number of hydrogen-bond acceptors (Lipinski definition) is 6. The lowest BCUT2D eigenvalue weighted by Crippen LogP contribution is -2.49. The molecule has 3 heterocycles. The van der Waals surface area contributed by atoms with Gasteiger partial charge in [0.1, 0.15) is 10.0 Å². The number of nitrogens with zero attached hydrogens (tertiary/aromatic N) is 3. The Labute approximate surface area is 198 Å². The van der Waals surface area contributed by atoms with Gasteiger partial charge in [-0.1, -0.05) is 18.2 Å². The molecular formula is C22H21F3N4O3S2. The largest absolute Gasteiger partial charge is 0.419 e. The number of alkyl halides is 3. The zero-order chi connectivity index (χ0) is 24.3. The van der Waals surface area contributed by atoms with Crippen LogP contribution in [-0.2, 0) is 22.7 Å². The Morgan fingerprint density at radius 3 is 2.38 bits per heavy atom. The normalized spacial score (nSPS) is 15.3. The number of aromatic nitrogens is 1. The number of sulfonamides is 1. The van der Waals surface area contributed by atoms with Gasteiger partial charge in [-0.15, -0.1) is 11.3 Å². The molecule has 34 heavy (non-hydrogen) atoms. The van der Waals surface area contributed by atoms with Crippen molar-refractivity contribution < 1.29 is 26.4 Å². The van der Waals surface area contributed by atoms with E-state index in [0.29, 0.717) is 10.4 Å². The highest BCUT2D eigenvalue weighted by Gasteiger charge is 2.37. The summed E-state index contributed by atoms with van der Waals surface area (Å²) in [5, 5.41) is 2.76. The van der Waals surface area contributed by atoms with Gasteiger partial charge in [-0.25, -0.2) is 13.4 Å². The molecule has 0 unspecified atom stereocenters. The van der Waals surface area contributed by atoms with E-state index in [-0.39, 0.29) is 48.7 Å². The van der Waals surface area contributed by atoms with Crippen LogP contribution in [0, 0.1) is 0 Å². The third kappa shape index (κ3) is 5.24. The number of carbonyl (C=O) groups is 1. The molecule has 1 fully saturated rings. The molecule has 1 aliphatic rings. The number of halogens is 3. The van der Waals surface area contributed by atoms with Gasteiger partial charge in [-0.05, 0) is 36.4 Å². The number of carbonyl (C=O) groups excluding carboxylic acids is 1. The molecule has 3 aromatic rings. The maximum Gasteiger partial charge on any atom is 0.419 e. The van der Waals surface area contributed by atoms with Crippen LogP contribution in [0.2, 0.25) is 0 Å². The van der Waals surface area contributed by atoms with Gasteiger partial charge in [0.2, 0.25) is 0 Å². The van der Waals surface area contributed by atoms with Crippen LogP contribution in [0.1, 0.15) is 20.8 Å². The van der Waals surface area contributed by atoms with Crippen LogP contribution in [-0.4, -0.2) is 49.8 Å². The van der Waals surface area contributed by atoms with Gasteiger partial charge >= 0.3 is 6.18 Å². The number of benzene rings is 1. The van der Waals surface area contributed by atoms with E-state index in [2.05, 4.69) is 10.3 Å². The third-order valence-corrected chi connectivity index (χ3v) is 8.77. The molecule has 1 N–H and O–H groups in total. The van der Waals surface area contributed by atoms with Crippen molar-refractivity contribution in [3.05, 3.63) is 76.8 Å². The number of nitrogens with one attached hydrogen (secondary N) is 1. The zero-order valence-electron chi connectivity index (χ0n) is 17.8.